The van der Waals surface area contributed by atoms with Crippen LogP contribution in [0.25, 0.3) is 176 Å². The summed E-state index contributed by atoms with van der Waals surface area (Å²) in [5.41, 5.74) is 29.1. The van der Waals surface area contributed by atoms with E-state index in [2.05, 4.69) is 482 Å². The average Bonchev–Trinajstić information content (AvgIpc) is 1.47. The third-order valence-corrected chi connectivity index (χ3v) is 24.9. The van der Waals surface area contributed by atoms with Crippen LogP contribution in [-0.4, -0.2) is 44.0 Å². The predicted octanol–water partition coefficient (Wildman–Crippen LogP) is 32.3. The van der Waals surface area contributed by atoms with Crippen LogP contribution in [0.2, 0.25) is 0 Å². The van der Waals surface area contributed by atoms with Crippen molar-refractivity contribution in [1.82, 2.24) is 44.0 Å². The van der Waals surface area contributed by atoms with Gasteiger partial charge in [-0.3, -0.25) is 0 Å². The second-order valence-electron chi connectivity index (χ2n) is 33.2. The van der Waals surface area contributed by atoms with Gasteiger partial charge in [-0.25, -0.2) is 19.9 Å². The van der Waals surface area contributed by atoms with Crippen LogP contribution in [0.15, 0.2) is 461 Å². The maximum Gasteiger partial charge on any atom is 0.307 e. The van der Waals surface area contributed by atoms with Crippen molar-refractivity contribution in [2.75, 3.05) is 9.80 Å². The fraction of sp³-hybridized carbons (Fsp3) is 0.00794. The molecule has 24 rings (SSSR count). The first-order chi connectivity index (χ1) is 72.2. The Morgan fingerprint density at radius 2 is 0.497 bits per heavy atom. The van der Waals surface area contributed by atoms with Gasteiger partial charge >= 0.3 is 11.6 Å². The van der Waals surface area contributed by atoms with Crippen LogP contribution >= 0.6 is 0 Å². The molecule has 0 aliphatic rings. The largest absolute Gasteiger partial charge is 0.358 e. The van der Waals surface area contributed by atoms with Crippen molar-refractivity contribution in [3.63, 3.8) is 0 Å². The molecular formula is C126H84IrN17Y-. The van der Waals surface area contributed by atoms with E-state index in [1.54, 1.807) is 30.5 Å². The first-order valence-corrected chi connectivity index (χ1v) is 45.8. The zero-order valence-electron chi connectivity index (χ0n) is 80.9. The van der Waals surface area contributed by atoms with Crippen molar-refractivity contribution in [3.05, 3.63) is 513 Å². The number of nitrogens with zero attached hydrogens (tertiary/aromatic N) is 17. The SMILES string of the molecule is C.[2H][2H].[2H][2H].[C-]#[N+]c1nc2c(nc1C#N)c1nc(C#N)c(C#N)nc1c1nc(C#N)c([N+]#[C-])nc12.[Ir].[Y].[c-]1ccccc1-c1ccccn1.c1ccc(-c2ccc(-c3ccc(N(c4ccccc4)c4ccc(-c5ccc(N(c6ccc(-c7ccccc7)cc6)c6ccc(-c7ccccc7)cc6)cc5)cc4)cc3)cc2)cc1.c1ccc2c(c1)c1ccccc1n2-c1ccc(-c2ccc(-n3c4ccccc4c4ccccc43)cc2)cc1. The summed E-state index contributed by atoms with van der Waals surface area (Å²) in [6.45, 7) is 14.5. The van der Waals surface area contributed by atoms with Gasteiger partial charge in [-0.1, -0.05) is 324 Å². The molecule has 0 N–H and O–H groups in total. The van der Waals surface area contributed by atoms with Crippen LogP contribution in [0.3, 0.4) is 0 Å². The van der Waals surface area contributed by atoms with Crippen molar-refractivity contribution in [1.29, 1.82) is 21.0 Å². The Balaban J connectivity index is 0.000000155. The number of fused-ring (bicyclic) bond motifs is 12. The topological polar surface area (TPSA) is 210 Å². The van der Waals surface area contributed by atoms with E-state index in [1.807, 2.05) is 42.5 Å². The van der Waals surface area contributed by atoms with E-state index in [4.69, 9.17) is 19.1 Å². The van der Waals surface area contributed by atoms with Gasteiger partial charge in [0, 0.05) is 132 Å². The molecular weight excluding hydrogens is 2030 g/mol. The standard InChI is InChI=1S/C60H44N2.C36H24N2.C18N12.C11H8N.CH4.Ir.Y.2H2/c1-5-13-45(14-6-1)48-21-23-49(24-22-48)52-29-39-56(40-30-52)61(55-19-11-4-12-20-55)57-41-31-53(32-42-57)54-33-43-60(44-34-54)62(58-35-25-50(26-36-58)46-15-7-2-8-16-46)59-37-27-51(28-38-59)47-17-9-3-10-18-47;1-5-13-33-29(9-1)30-10-2-6-14-34(30)37(33)27-21-17-25(18-22-27)26-19-23-28(24-20-26)38-35-15-7-3-11-31(35)32-12-4-8-16-36(32)38;1-23-17-9(5-21)27-13-11-12(26-8(4-20)7(3-19)25-11)14-16(15(13)29-17)30-18(24-2)10(6-22)28-14;1-2-6-10(7-3-1)11-8-4-5-9-12-11;;;;;/h1-44H;1-24H;;1-6,8-9H;1H4;;;2*1H/q;;;-1;;;;;/i;;;;;;;2*1+1D. The summed E-state index contributed by atoms with van der Waals surface area (Å²) in [5, 5.41) is 42.3. The molecule has 0 aliphatic heterocycles. The van der Waals surface area contributed by atoms with Gasteiger partial charge in [0.05, 0.1) is 22.1 Å². The van der Waals surface area contributed by atoms with E-state index in [1.165, 1.54) is 111 Å². The van der Waals surface area contributed by atoms with Crippen LogP contribution in [-0.2, 0) is 52.8 Å². The van der Waals surface area contributed by atoms with Crippen molar-refractivity contribution in [2.24, 2.45) is 0 Å². The van der Waals surface area contributed by atoms with Gasteiger partial charge in [-0.05, 0) is 200 Å². The van der Waals surface area contributed by atoms with Gasteiger partial charge < -0.3 is 33.6 Å². The van der Waals surface area contributed by atoms with Gasteiger partial charge in [0.15, 0.2) is 22.8 Å². The average molecular weight is 2120 g/mol. The monoisotopic (exact) mass is 2120 g/mol. The molecule has 2 radical (unpaired) electrons. The second kappa shape index (κ2) is 44.0. The Hall–Kier alpha value is -19.0. The Bertz CT molecular complexity index is 8370. The molecule has 686 valence electrons. The van der Waals surface area contributed by atoms with E-state index in [0.29, 0.717) is 0 Å². The van der Waals surface area contributed by atoms with Crippen LogP contribution < -0.4 is 9.80 Å². The molecule has 0 amide bonds. The number of anilines is 6. The smallest absolute Gasteiger partial charge is 0.307 e. The van der Waals surface area contributed by atoms with E-state index in [-0.39, 0.29) is 128 Å². The summed E-state index contributed by atoms with van der Waals surface area (Å²) in [5.74, 6) is -0.605. The quantitative estimate of drug-likeness (QED) is 0.0691. The van der Waals surface area contributed by atoms with E-state index in [0.717, 1.165) is 56.5 Å². The zero-order chi connectivity index (χ0) is 100. The van der Waals surface area contributed by atoms with Crippen LogP contribution in [0.1, 0.15) is 36.1 Å². The van der Waals surface area contributed by atoms with Gasteiger partial charge in [-0.15, -0.1) is 45.9 Å². The molecule has 0 aliphatic carbocycles. The number of rotatable bonds is 15. The molecule has 18 aromatic carbocycles. The zero-order valence-corrected chi connectivity index (χ0v) is 82.1. The van der Waals surface area contributed by atoms with Crippen molar-refractivity contribution in [2.45, 2.75) is 7.43 Å². The summed E-state index contributed by atoms with van der Waals surface area (Å²) in [7, 11) is 0. The molecule has 6 heterocycles. The summed E-state index contributed by atoms with van der Waals surface area (Å²) in [6.07, 6.45) is 1.79. The van der Waals surface area contributed by atoms with E-state index < -0.39 is 0 Å². The van der Waals surface area contributed by atoms with Crippen LogP contribution in [0.5, 0.6) is 0 Å². The molecule has 0 saturated carbocycles. The summed E-state index contributed by atoms with van der Waals surface area (Å²) in [6, 6.07) is 172. The molecule has 0 fully saturated rings. The number of hydrogen-bond acceptors (Lipinski definition) is 13. The summed E-state index contributed by atoms with van der Waals surface area (Å²) in [4.78, 5) is 40.0. The molecule has 0 atom stereocenters. The molecule has 0 saturated heterocycles. The molecule has 6 aromatic heterocycles. The first kappa shape index (κ1) is 93.7. The molecule has 19 heteroatoms. The number of para-hydroxylation sites is 5. The number of nitriles is 4. The van der Waals surface area contributed by atoms with Crippen molar-refractivity contribution >= 4 is 122 Å². The molecule has 17 nitrogen and oxygen atoms in total. The maximum absolute atomic E-state index is 9.30. The van der Waals surface area contributed by atoms with Gasteiger partial charge in [0.2, 0.25) is 11.0 Å². The molecule has 145 heavy (non-hydrogen) atoms. The summed E-state index contributed by atoms with van der Waals surface area (Å²) >= 11 is 0. The Labute approximate surface area is 882 Å². The predicted molar refractivity (Wildman–Crippen MR) is 580 cm³/mol. The molecule has 0 bridgehead atoms. The Morgan fingerprint density at radius 3 is 0.766 bits per heavy atom. The first-order valence-electron chi connectivity index (χ1n) is 47.8. The minimum Gasteiger partial charge on any atom is -0.358 e. The minimum atomic E-state index is -0.303. The normalized spacial score (nSPS) is 10.7. The minimum absolute atomic E-state index is 0. The number of benzene rings is 18. The molecule has 24 aromatic rings. The van der Waals surface area contributed by atoms with E-state index >= 15 is 0 Å². The van der Waals surface area contributed by atoms with Crippen molar-refractivity contribution < 1.29 is 58.8 Å². The van der Waals surface area contributed by atoms with Crippen LogP contribution in [0.4, 0.5) is 45.8 Å². The fourth-order valence-corrected chi connectivity index (χ4v) is 18.1. The van der Waals surface area contributed by atoms with Gasteiger partial charge in [0.25, 0.3) is 0 Å². The number of pyridine rings is 1. The van der Waals surface area contributed by atoms with Gasteiger partial charge in [-0.2, -0.15) is 21.0 Å². The van der Waals surface area contributed by atoms with Gasteiger partial charge in [0.1, 0.15) is 46.3 Å². The summed E-state index contributed by atoms with van der Waals surface area (Å²) < 4.78 is 24.7. The number of hydrogen-bond donors (Lipinski definition) is 0. The Morgan fingerprint density at radius 1 is 0.262 bits per heavy atom. The fourth-order valence-electron chi connectivity index (χ4n) is 18.1. The molecule has 0 spiro atoms. The number of aromatic nitrogens is 9. The van der Waals surface area contributed by atoms with Crippen LogP contribution in [0, 0.1) is 64.5 Å². The Kier molecular flexibility index (Phi) is 28.4. The second-order valence-corrected chi connectivity index (χ2v) is 33.2. The van der Waals surface area contributed by atoms with Crippen molar-refractivity contribution in [3.8, 4) is 114 Å². The third-order valence-electron chi connectivity index (χ3n) is 24.9. The third kappa shape index (κ3) is 19.8. The maximum atomic E-state index is 9.30. The van der Waals surface area contributed by atoms with E-state index in [9.17, 15) is 21.0 Å². The molecule has 0 unspecified atom stereocenters.